The number of nitrogens with one attached hydrogen (secondary N) is 1. The Hall–Kier alpha value is -0.590. The number of hydrogen-bond donors (Lipinski definition) is 1. The fraction of sp³-hybridized carbons (Fsp3) is 0.933. The summed E-state index contributed by atoms with van der Waals surface area (Å²) in [5, 5.41) is 12.3. The van der Waals surface area contributed by atoms with Crippen molar-refractivity contribution in [3.63, 3.8) is 0 Å². The van der Waals surface area contributed by atoms with Gasteiger partial charge in [-0.05, 0) is 25.7 Å². The zero-order valence-electron chi connectivity index (χ0n) is 11.8. The molecule has 0 aromatic carbocycles. The van der Waals surface area contributed by atoms with Crippen molar-refractivity contribution in [1.29, 1.82) is 5.26 Å². The average Bonchev–Trinajstić information content (AvgIpc) is 3.19. The number of hydrogen-bond acceptors (Lipinski definition) is 3. The SMILES string of the molecule is CCCCCCCCOCCC(C#N)NC1CC1. The largest absolute Gasteiger partial charge is 0.381 e. The number of unbranched alkanes of at least 4 members (excludes halogenated alkanes) is 5. The van der Waals surface area contributed by atoms with Crippen molar-refractivity contribution in [2.24, 2.45) is 0 Å². The number of nitrogens with zero attached hydrogens (tertiary/aromatic N) is 1. The van der Waals surface area contributed by atoms with Gasteiger partial charge in [-0.2, -0.15) is 5.26 Å². The Balaban J connectivity index is 1.81. The number of rotatable bonds is 12. The highest BCUT2D eigenvalue weighted by Gasteiger charge is 2.24. The van der Waals surface area contributed by atoms with Crippen molar-refractivity contribution in [3.05, 3.63) is 0 Å². The molecule has 1 aliphatic rings. The molecule has 1 saturated carbocycles. The molecule has 18 heavy (non-hydrogen) atoms. The highest BCUT2D eigenvalue weighted by molar-refractivity contribution is 4.95. The summed E-state index contributed by atoms with van der Waals surface area (Å²) in [4.78, 5) is 0. The van der Waals surface area contributed by atoms with E-state index in [1.54, 1.807) is 0 Å². The highest BCUT2D eigenvalue weighted by atomic mass is 16.5. The molecule has 0 aliphatic heterocycles. The molecule has 0 amide bonds. The van der Waals surface area contributed by atoms with E-state index in [0.717, 1.165) is 19.4 Å². The van der Waals surface area contributed by atoms with Gasteiger partial charge in [-0.1, -0.05) is 39.0 Å². The van der Waals surface area contributed by atoms with Crippen molar-refractivity contribution in [1.82, 2.24) is 5.32 Å². The van der Waals surface area contributed by atoms with Crippen LogP contribution in [0.1, 0.15) is 64.7 Å². The van der Waals surface area contributed by atoms with Crippen LogP contribution in [-0.2, 0) is 4.74 Å². The van der Waals surface area contributed by atoms with Gasteiger partial charge in [0.15, 0.2) is 0 Å². The molecule has 104 valence electrons. The van der Waals surface area contributed by atoms with Gasteiger partial charge in [0.1, 0.15) is 0 Å². The Morgan fingerprint density at radius 1 is 1.17 bits per heavy atom. The average molecular weight is 252 g/mol. The van der Waals surface area contributed by atoms with E-state index in [1.807, 2.05) is 0 Å². The fourth-order valence-corrected chi connectivity index (χ4v) is 2.01. The quantitative estimate of drug-likeness (QED) is 0.541. The first-order valence-corrected chi connectivity index (χ1v) is 7.60. The van der Waals surface area contributed by atoms with Crippen LogP contribution in [0.4, 0.5) is 0 Å². The van der Waals surface area contributed by atoms with Gasteiger partial charge >= 0.3 is 0 Å². The van der Waals surface area contributed by atoms with Crippen molar-refractivity contribution >= 4 is 0 Å². The van der Waals surface area contributed by atoms with E-state index in [9.17, 15) is 0 Å². The lowest BCUT2D eigenvalue weighted by Gasteiger charge is -2.10. The van der Waals surface area contributed by atoms with Crippen molar-refractivity contribution in [2.45, 2.75) is 76.8 Å². The Kier molecular flexibility index (Phi) is 8.89. The minimum Gasteiger partial charge on any atom is -0.381 e. The Labute approximate surface area is 112 Å². The summed E-state index contributed by atoms with van der Waals surface area (Å²) in [5.74, 6) is 0. The maximum Gasteiger partial charge on any atom is 0.0977 e. The van der Waals surface area contributed by atoms with Crippen LogP contribution in [0, 0.1) is 11.3 Å². The lowest BCUT2D eigenvalue weighted by atomic mass is 10.1. The van der Waals surface area contributed by atoms with Crippen LogP contribution < -0.4 is 5.32 Å². The normalized spacial score (nSPS) is 16.4. The predicted molar refractivity (Wildman–Crippen MR) is 74.4 cm³/mol. The van der Waals surface area contributed by atoms with Gasteiger partial charge in [0, 0.05) is 19.3 Å². The first-order valence-electron chi connectivity index (χ1n) is 7.60. The molecule has 0 heterocycles. The predicted octanol–water partition coefficient (Wildman–Crippen LogP) is 3.40. The van der Waals surface area contributed by atoms with Crippen LogP contribution in [0.25, 0.3) is 0 Å². The molecule has 0 aromatic rings. The molecule has 0 saturated heterocycles. The van der Waals surface area contributed by atoms with Crippen molar-refractivity contribution in [3.8, 4) is 6.07 Å². The second-order valence-electron chi connectivity index (χ2n) is 5.29. The zero-order valence-corrected chi connectivity index (χ0v) is 11.8. The Bertz CT molecular complexity index is 233. The number of nitriles is 1. The van der Waals surface area contributed by atoms with E-state index in [2.05, 4.69) is 18.3 Å². The molecule has 1 N–H and O–H groups in total. The summed E-state index contributed by atoms with van der Waals surface area (Å²) in [6.45, 7) is 3.81. The molecular formula is C15H28N2O. The minimum atomic E-state index is -0.0120. The second kappa shape index (κ2) is 10.3. The van der Waals surface area contributed by atoms with Crippen LogP contribution in [0.5, 0.6) is 0 Å². The topological polar surface area (TPSA) is 45.0 Å². The van der Waals surface area contributed by atoms with Gasteiger partial charge < -0.3 is 4.74 Å². The number of ether oxygens (including phenoxy) is 1. The third kappa shape index (κ3) is 8.49. The van der Waals surface area contributed by atoms with Gasteiger partial charge in [-0.25, -0.2) is 0 Å². The van der Waals surface area contributed by atoms with E-state index in [1.165, 1.54) is 44.9 Å². The molecule has 1 unspecified atom stereocenters. The zero-order chi connectivity index (χ0) is 13.1. The van der Waals surface area contributed by atoms with Crippen LogP contribution in [0.3, 0.4) is 0 Å². The molecule has 3 heteroatoms. The van der Waals surface area contributed by atoms with Crippen LogP contribution in [0.15, 0.2) is 0 Å². The van der Waals surface area contributed by atoms with Crippen molar-refractivity contribution < 1.29 is 4.74 Å². The molecule has 3 nitrogen and oxygen atoms in total. The van der Waals surface area contributed by atoms with E-state index in [4.69, 9.17) is 10.00 Å². The minimum absolute atomic E-state index is 0.0120. The smallest absolute Gasteiger partial charge is 0.0977 e. The summed E-state index contributed by atoms with van der Waals surface area (Å²) in [6.07, 6.45) is 11.1. The van der Waals surface area contributed by atoms with Gasteiger partial charge in [-0.3, -0.25) is 5.32 Å². The molecule has 1 fully saturated rings. The van der Waals surface area contributed by atoms with Gasteiger partial charge in [-0.15, -0.1) is 0 Å². The molecule has 1 rings (SSSR count). The molecule has 0 spiro atoms. The summed E-state index contributed by atoms with van der Waals surface area (Å²) < 4.78 is 5.58. The van der Waals surface area contributed by atoms with E-state index < -0.39 is 0 Å². The Morgan fingerprint density at radius 3 is 2.56 bits per heavy atom. The van der Waals surface area contributed by atoms with Gasteiger partial charge in [0.2, 0.25) is 0 Å². The Morgan fingerprint density at radius 2 is 1.89 bits per heavy atom. The molecule has 0 bridgehead atoms. The molecule has 1 atom stereocenters. The highest BCUT2D eigenvalue weighted by Crippen LogP contribution is 2.19. The second-order valence-corrected chi connectivity index (χ2v) is 5.29. The summed E-state index contributed by atoms with van der Waals surface area (Å²) >= 11 is 0. The lowest BCUT2D eigenvalue weighted by Crippen LogP contribution is -2.30. The monoisotopic (exact) mass is 252 g/mol. The van der Waals surface area contributed by atoms with Gasteiger partial charge in [0.05, 0.1) is 12.1 Å². The summed E-state index contributed by atoms with van der Waals surface area (Å²) in [7, 11) is 0. The standard InChI is InChI=1S/C15H28N2O/c1-2-3-4-5-6-7-11-18-12-10-15(13-16)17-14-8-9-14/h14-15,17H,2-12H2,1H3. The molecular weight excluding hydrogens is 224 g/mol. The lowest BCUT2D eigenvalue weighted by molar-refractivity contribution is 0.123. The molecule has 0 radical (unpaired) electrons. The fourth-order valence-electron chi connectivity index (χ4n) is 2.01. The molecule has 1 aliphatic carbocycles. The van der Waals surface area contributed by atoms with Crippen LogP contribution in [-0.4, -0.2) is 25.3 Å². The third-order valence-corrected chi connectivity index (χ3v) is 3.36. The van der Waals surface area contributed by atoms with E-state index in [0.29, 0.717) is 12.6 Å². The van der Waals surface area contributed by atoms with Crippen LogP contribution in [0.2, 0.25) is 0 Å². The van der Waals surface area contributed by atoms with Gasteiger partial charge in [0.25, 0.3) is 0 Å². The van der Waals surface area contributed by atoms with E-state index in [-0.39, 0.29) is 6.04 Å². The maximum absolute atomic E-state index is 8.96. The molecule has 0 aromatic heterocycles. The van der Waals surface area contributed by atoms with Crippen LogP contribution >= 0.6 is 0 Å². The van der Waals surface area contributed by atoms with Crippen molar-refractivity contribution in [2.75, 3.05) is 13.2 Å². The first kappa shape index (κ1) is 15.5. The maximum atomic E-state index is 8.96. The first-order chi connectivity index (χ1) is 8.86. The van der Waals surface area contributed by atoms with E-state index >= 15 is 0 Å². The summed E-state index contributed by atoms with van der Waals surface area (Å²) in [6, 6.07) is 2.90. The third-order valence-electron chi connectivity index (χ3n) is 3.36. The summed E-state index contributed by atoms with van der Waals surface area (Å²) in [5.41, 5.74) is 0.